The number of aromatic nitrogens is 4. The van der Waals surface area contributed by atoms with Crippen LogP contribution in [0.25, 0.3) is 16.6 Å². The maximum absolute atomic E-state index is 9.00. The lowest BCUT2D eigenvalue weighted by Gasteiger charge is -2.05. The predicted octanol–water partition coefficient (Wildman–Crippen LogP) is 1.96. The summed E-state index contributed by atoms with van der Waals surface area (Å²) in [4.78, 5) is 4.32. The van der Waals surface area contributed by atoms with E-state index in [9.17, 15) is 0 Å². The zero-order chi connectivity index (χ0) is 12.5. The first-order valence-electron chi connectivity index (χ1n) is 5.35. The Balaban J connectivity index is 2.26. The smallest absolute Gasteiger partial charge is 0.109 e. The average molecular weight is 261 g/mol. The van der Waals surface area contributed by atoms with Crippen LogP contribution in [0.1, 0.15) is 5.69 Å². The molecule has 0 radical (unpaired) electrons. The van der Waals surface area contributed by atoms with Crippen molar-refractivity contribution in [3.05, 3.63) is 47.4 Å². The van der Waals surface area contributed by atoms with Crippen LogP contribution in [0.4, 0.5) is 0 Å². The van der Waals surface area contributed by atoms with E-state index < -0.39 is 0 Å². The first-order chi connectivity index (χ1) is 8.79. The topological polar surface area (TPSA) is 63.8 Å². The Morgan fingerprint density at radius 3 is 2.94 bits per heavy atom. The van der Waals surface area contributed by atoms with Crippen molar-refractivity contribution in [2.24, 2.45) is 0 Å². The van der Waals surface area contributed by atoms with E-state index in [1.807, 2.05) is 18.2 Å². The third-order valence-electron chi connectivity index (χ3n) is 2.64. The standard InChI is InChI=1S/C12H9ClN4O/c13-10-3-4-11(12-9(10)2-1-5-14-12)17-6-8(7-18)15-16-17/h1-6,18H,7H2. The number of benzene rings is 1. The molecule has 2 heterocycles. The molecule has 0 amide bonds. The molecule has 1 N–H and O–H groups in total. The quantitative estimate of drug-likeness (QED) is 0.765. The molecule has 5 nitrogen and oxygen atoms in total. The molecule has 3 rings (SSSR count). The van der Waals surface area contributed by atoms with E-state index in [1.165, 1.54) is 0 Å². The summed E-state index contributed by atoms with van der Waals surface area (Å²) in [5.41, 5.74) is 2.04. The Bertz CT molecular complexity index is 710. The second-order valence-electron chi connectivity index (χ2n) is 3.78. The molecule has 0 saturated heterocycles. The molecule has 0 aliphatic carbocycles. The van der Waals surface area contributed by atoms with Gasteiger partial charge in [0.2, 0.25) is 0 Å². The van der Waals surface area contributed by atoms with Crippen LogP contribution in [-0.4, -0.2) is 25.1 Å². The van der Waals surface area contributed by atoms with Gasteiger partial charge in [-0.15, -0.1) is 5.10 Å². The van der Waals surface area contributed by atoms with Gasteiger partial charge in [0.05, 0.1) is 29.0 Å². The lowest BCUT2D eigenvalue weighted by atomic mass is 10.2. The number of fused-ring (bicyclic) bond motifs is 1. The van der Waals surface area contributed by atoms with Gasteiger partial charge in [0.15, 0.2) is 0 Å². The largest absolute Gasteiger partial charge is 0.390 e. The van der Waals surface area contributed by atoms with Crippen molar-refractivity contribution in [2.75, 3.05) is 0 Å². The predicted molar refractivity (Wildman–Crippen MR) is 67.6 cm³/mol. The van der Waals surface area contributed by atoms with Crippen molar-refractivity contribution in [2.45, 2.75) is 6.61 Å². The van der Waals surface area contributed by atoms with Crippen LogP contribution in [-0.2, 0) is 6.61 Å². The lowest BCUT2D eigenvalue weighted by Crippen LogP contribution is -1.97. The highest BCUT2D eigenvalue weighted by Crippen LogP contribution is 2.26. The minimum absolute atomic E-state index is 0.140. The van der Waals surface area contributed by atoms with Crippen LogP contribution in [0.15, 0.2) is 36.7 Å². The summed E-state index contributed by atoms with van der Waals surface area (Å²) in [7, 11) is 0. The first-order valence-corrected chi connectivity index (χ1v) is 5.73. The van der Waals surface area contributed by atoms with E-state index in [1.54, 1.807) is 23.1 Å². The monoisotopic (exact) mass is 260 g/mol. The first kappa shape index (κ1) is 11.1. The Labute approximate surface area is 108 Å². The van der Waals surface area contributed by atoms with Crippen LogP contribution < -0.4 is 0 Å². The highest BCUT2D eigenvalue weighted by molar-refractivity contribution is 6.35. The molecule has 0 aliphatic heterocycles. The Morgan fingerprint density at radius 2 is 2.17 bits per heavy atom. The molecular weight excluding hydrogens is 252 g/mol. The second kappa shape index (κ2) is 4.36. The number of hydrogen-bond donors (Lipinski definition) is 1. The Hall–Kier alpha value is -1.98. The Kier molecular flexibility index (Phi) is 2.70. The van der Waals surface area contributed by atoms with Crippen molar-refractivity contribution < 1.29 is 5.11 Å². The SMILES string of the molecule is OCc1cn(-c2ccc(Cl)c3cccnc23)nn1. The molecule has 2 aromatic heterocycles. The molecular formula is C12H9ClN4O. The van der Waals surface area contributed by atoms with Crippen molar-refractivity contribution >= 4 is 22.5 Å². The highest BCUT2D eigenvalue weighted by atomic mass is 35.5. The van der Waals surface area contributed by atoms with Crippen LogP contribution in [0.5, 0.6) is 0 Å². The third kappa shape index (κ3) is 1.73. The fraction of sp³-hybridized carbons (Fsp3) is 0.0833. The van der Waals surface area contributed by atoms with Gasteiger partial charge in [0, 0.05) is 11.6 Å². The van der Waals surface area contributed by atoms with Crippen molar-refractivity contribution in [3.8, 4) is 5.69 Å². The van der Waals surface area contributed by atoms with Gasteiger partial charge >= 0.3 is 0 Å². The maximum atomic E-state index is 9.00. The molecule has 0 fully saturated rings. The summed E-state index contributed by atoms with van der Waals surface area (Å²) >= 11 is 6.12. The van der Waals surface area contributed by atoms with E-state index in [-0.39, 0.29) is 6.61 Å². The van der Waals surface area contributed by atoms with E-state index in [2.05, 4.69) is 15.3 Å². The van der Waals surface area contributed by atoms with Crippen LogP contribution in [0, 0.1) is 0 Å². The number of rotatable bonds is 2. The number of pyridine rings is 1. The van der Waals surface area contributed by atoms with Crippen molar-refractivity contribution in [3.63, 3.8) is 0 Å². The molecule has 3 aromatic rings. The molecule has 0 saturated carbocycles. The van der Waals surface area contributed by atoms with Crippen LogP contribution in [0.2, 0.25) is 5.02 Å². The number of nitrogens with zero attached hydrogens (tertiary/aromatic N) is 4. The van der Waals surface area contributed by atoms with Crippen molar-refractivity contribution in [1.29, 1.82) is 0 Å². The van der Waals surface area contributed by atoms with E-state index in [0.29, 0.717) is 10.7 Å². The maximum Gasteiger partial charge on any atom is 0.109 e. The minimum Gasteiger partial charge on any atom is -0.390 e. The minimum atomic E-state index is -0.140. The molecule has 0 aliphatic rings. The van der Waals surface area contributed by atoms with E-state index in [4.69, 9.17) is 16.7 Å². The Morgan fingerprint density at radius 1 is 1.28 bits per heavy atom. The molecule has 1 aromatic carbocycles. The molecule has 6 heteroatoms. The fourth-order valence-electron chi connectivity index (χ4n) is 1.80. The van der Waals surface area contributed by atoms with Gasteiger partial charge in [-0.2, -0.15) is 0 Å². The highest BCUT2D eigenvalue weighted by Gasteiger charge is 2.09. The molecule has 0 spiro atoms. The molecule has 0 atom stereocenters. The number of aliphatic hydroxyl groups is 1. The lowest BCUT2D eigenvalue weighted by molar-refractivity contribution is 0.276. The molecule has 90 valence electrons. The van der Waals surface area contributed by atoms with Gasteiger partial charge in [-0.25, -0.2) is 4.68 Å². The van der Waals surface area contributed by atoms with Crippen LogP contribution in [0.3, 0.4) is 0 Å². The van der Waals surface area contributed by atoms with Gasteiger partial charge in [-0.05, 0) is 24.3 Å². The summed E-state index contributed by atoms with van der Waals surface area (Å²) in [5, 5.41) is 18.3. The normalized spacial score (nSPS) is 11.0. The summed E-state index contributed by atoms with van der Waals surface area (Å²) in [5.74, 6) is 0. The third-order valence-corrected chi connectivity index (χ3v) is 2.97. The summed E-state index contributed by atoms with van der Waals surface area (Å²) in [6, 6.07) is 7.35. The van der Waals surface area contributed by atoms with E-state index >= 15 is 0 Å². The zero-order valence-corrected chi connectivity index (χ0v) is 10.0. The van der Waals surface area contributed by atoms with Gasteiger partial charge in [-0.3, -0.25) is 4.98 Å². The summed E-state index contributed by atoms with van der Waals surface area (Å²) in [6.07, 6.45) is 3.36. The number of hydrogen-bond acceptors (Lipinski definition) is 4. The molecule has 0 unspecified atom stereocenters. The fourth-order valence-corrected chi connectivity index (χ4v) is 2.01. The summed E-state index contributed by atoms with van der Waals surface area (Å²) in [6.45, 7) is -0.140. The number of halogens is 1. The van der Waals surface area contributed by atoms with Gasteiger partial charge in [0.1, 0.15) is 5.69 Å². The summed E-state index contributed by atoms with van der Waals surface area (Å²) < 4.78 is 1.58. The molecule has 0 bridgehead atoms. The van der Waals surface area contributed by atoms with Gasteiger partial charge in [0.25, 0.3) is 0 Å². The van der Waals surface area contributed by atoms with Crippen molar-refractivity contribution in [1.82, 2.24) is 20.0 Å². The second-order valence-corrected chi connectivity index (χ2v) is 4.19. The molecule has 18 heavy (non-hydrogen) atoms. The zero-order valence-electron chi connectivity index (χ0n) is 9.29. The van der Waals surface area contributed by atoms with Crippen LogP contribution >= 0.6 is 11.6 Å². The average Bonchev–Trinajstić information content (AvgIpc) is 2.88. The van der Waals surface area contributed by atoms with Gasteiger partial charge < -0.3 is 5.11 Å². The van der Waals surface area contributed by atoms with E-state index in [0.717, 1.165) is 16.6 Å². The number of aliphatic hydroxyl groups excluding tert-OH is 1. The van der Waals surface area contributed by atoms with Gasteiger partial charge in [-0.1, -0.05) is 16.8 Å².